The van der Waals surface area contributed by atoms with E-state index in [1.54, 1.807) is 11.3 Å². The van der Waals surface area contributed by atoms with E-state index in [1.165, 1.54) is 51.8 Å². The maximum Gasteiger partial charge on any atom is 0.236 e. The van der Waals surface area contributed by atoms with Crippen molar-refractivity contribution in [3.05, 3.63) is 50.9 Å². The van der Waals surface area contributed by atoms with Gasteiger partial charge in [0.1, 0.15) is 15.7 Å². The fourth-order valence-electron chi connectivity index (χ4n) is 3.80. The summed E-state index contributed by atoms with van der Waals surface area (Å²) >= 11 is 10.7. The molecule has 0 spiro atoms. The van der Waals surface area contributed by atoms with E-state index in [2.05, 4.69) is 17.2 Å². The first-order valence-electron chi connectivity index (χ1n) is 10.6. The van der Waals surface area contributed by atoms with Gasteiger partial charge in [-0.3, -0.25) is 4.79 Å². The second kappa shape index (κ2) is 9.47. The Morgan fingerprint density at radius 1 is 1.16 bits per heavy atom. The second-order valence-corrected chi connectivity index (χ2v) is 10.9. The van der Waals surface area contributed by atoms with Crippen LogP contribution >= 0.6 is 46.0 Å². The van der Waals surface area contributed by atoms with E-state index in [1.807, 2.05) is 29.6 Å². The number of carbonyl (C=O) groups excluding carboxylic acids is 1. The van der Waals surface area contributed by atoms with Crippen molar-refractivity contribution in [2.24, 2.45) is 0 Å². The standard InChI is InChI=1S/C23H21ClN4OS3/c1-2-18-26-21(20-15-5-3-4-6-17(15)32-22(20)27-18)30-12-19(29)28-23-25-16(11-31-23)13-7-9-14(24)10-8-13/h7-11H,2-6,12H2,1H3,(H,25,28,29). The number of aryl methyl sites for hydroxylation is 3. The summed E-state index contributed by atoms with van der Waals surface area (Å²) in [6.07, 6.45) is 5.44. The Hall–Kier alpha value is -2.00. The van der Waals surface area contributed by atoms with Gasteiger partial charge in [-0.15, -0.1) is 22.7 Å². The number of thiazole rings is 1. The van der Waals surface area contributed by atoms with Crippen LogP contribution in [0.3, 0.4) is 0 Å². The van der Waals surface area contributed by atoms with Crippen LogP contribution in [0.25, 0.3) is 21.5 Å². The lowest BCUT2D eigenvalue weighted by molar-refractivity contribution is -0.113. The molecule has 1 aliphatic rings. The van der Waals surface area contributed by atoms with Crippen molar-refractivity contribution in [2.45, 2.75) is 44.1 Å². The number of nitrogens with one attached hydrogen (secondary N) is 1. The van der Waals surface area contributed by atoms with E-state index in [0.717, 1.165) is 46.2 Å². The van der Waals surface area contributed by atoms with Crippen LogP contribution in [0, 0.1) is 0 Å². The van der Waals surface area contributed by atoms with Gasteiger partial charge < -0.3 is 5.32 Å². The summed E-state index contributed by atoms with van der Waals surface area (Å²) in [6.45, 7) is 2.07. The molecule has 1 aliphatic carbocycles. The van der Waals surface area contributed by atoms with E-state index in [0.29, 0.717) is 10.2 Å². The quantitative estimate of drug-likeness (QED) is 0.237. The lowest BCUT2D eigenvalue weighted by Gasteiger charge is -2.12. The lowest BCUT2D eigenvalue weighted by Crippen LogP contribution is -2.14. The highest BCUT2D eigenvalue weighted by atomic mass is 35.5. The predicted molar refractivity (Wildman–Crippen MR) is 135 cm³/mol. The van der Waals surface area contributed by atoms with Crippen molar-refractivity contribution >= 4 is 67.3 Å². The predicted octanol–water partition coefficient (Wildman–Crippen LogP) is 6.64. The number of fused-ring (bicyclic) bond motifs is 3. The molecule has 5 rings (SSSR count). The van der Waals surface area contributed by atoms with Crippen LogP contribution in [-0.4, -0.2) is 26.6 Å². The molecule has 0 bridgehead atoms. The molecule has 1 amide bonds. The van der Waals surface area contributed by atoms with Gasteiger partial charge in [0.05, 0.1) is 11.4 Å². The number of aromatic nitrogens is 3. The molecule has 4 aromatic rings. The number of rotatable bonds is 6. The fraction of sp³-hybridized carbons (Fsp3) is 0.304. The molecule has 3 heterocycles. The Balaban J connectivity index is 1.31. The van der Waals surface area contributed by atoms with Gasteiger partial charge in [0.25, 0.3) is 0 Å². The average Bonchev–Trinajstić information content (AvgIpc) is 3.42. The molecule has 1 aromatic carbocycles. The number of thioether (sulfide) groups is 1. The van der Waals surface area contributed by atoms with Crippen molar-refractivity contribution in [3.8, 4) is 11.3 Å². The summed E-state index contributed by atoms with van der Waals surface area (Å²) in [5.41, 5.74) is 3.19. The minimum atomic E-state index is -0.0825. The second-order valence-electron chi connectivity index (χ2n) is 7.57. The Morgan fingerprint density at radius 3 is 2.78 bits per heavy atom. The van der Waals surface area contributed by atoms with Crippen LogP contribution < -0.4 is 5.32 Å². The highest BCUT2D eigenvalue weighted by molar-refractivity contribution is 8.00. The molecule has 0 radical (unpaired) electrons. The number of hydrogen-bond donors (Lipinski definition) is 1. The highest BCUT2D eigenvalue weighted by Gasteiger charge is 2.21. The Morgan fingerprint density at radius 2 is 1.97 bits per heavy atom. The number of anilines is 1. The smallest absolute Gasteiger partial charge is 0.236 e. The molecule has 0 saturated heterocycles. The van der Waals surface area contributed by atoms with E-state index in [-0.39, 0.29) is 11.7 Å². The van der Waals surface area contributed by atoms with Crippen molar-refractivity contribution in [1.82, 2.24) is 15.0 Å². The van der Waals surface area contributed by atoms with Crippen LogP contribution in [0.1, 0.15) is 36.0 Å². The summed E-state index contributed by atoms with van der Waals surface area (Å²) in [5, 5.41) is 8.24. The van der Waals surface area contributed by atoms with Gasteiger partial charge in [-0.25, -0.2) is 15.0 Å². The lowest BCUT2D eigenvalue weighted by atomic mass is 9.97. The SMILES string of the molecule is CCc1nc(SCC(=O)Nc2nc(-c3ccc(Cl)cc3)cs2)c2c3c(sc2n1)CCCC3. The number of amides is 1. The molecular formula is C23H21ClN4OS3. The molecule has 0 aliphatic heterocycles. The van der Waals surface area contributed by atoms with Crippen molar-refractivity contribution in [3.63, 3.8) is 0 Å². The Kier molecular flexibility index (Phi) is 6.46. The van der Waals surface area contributed by atoms with Crippen LogP contribution in [0.4, 0.5) is 5.13 Å². The molecule has 9 heteroatoms. The first-order valence-corrected chi connectivity index (χ1v) is 13.6. The molecule has 0 saturated carbocycles. The molecule has 164 valence electrons. The van der Waals surface area contributed by atoms with E-state index in [4.69, 9.17) is 21.6 Å². The topological polar surface area (TPSA) is 67.8 Å². The zero-order valence-corrected chi connectivity index (χ0v) is 20.7. The largest absolute Gasteiger partial charge is 0.301 e. The maximum atomic E-state index is 12.7. The monoisotopic (exact) mass is 500 g/mol. The highest BCUT2D eigenvalue weighted by Crippen LogP contribution is 2.39. The van der Waals surface area contributed by atoms with Gasteiger partial charge in [0.15, 0.2) is 5.13 Å². The summed E-state index contributed by atoms with van der Waals surface area (Å²) in [4.78, 5) is 29.3. The maximum absolute atomic E-state index is 12.7. The van der Waals surface area contributed by atoms with Gasteiger partial charge in [0.2, 0.25) is 5.91 Å². The molecule has 3 aromatic heterocycles. The summed E-state index contributed by atoms with van der Waals surface area (Å²) in [7, 11) is 0. The zero-order chi connectivity index (χ0) is 22.1. The van der Waals surface area contributed by atoms with Gasteiger partial charge in [-0.05, 0) is 43.4 Å². The molecule has 32 heavy (non-hydrogen) atoms. The van der Waals surface area contributed by atoms with Gasteiger partial charge in [0, 0.05) is 32.7 Å². The number of hydrogen-bond acceptors (Lipinski definition) is 7. The number of benzene rings is 1. The third-order valence-electron chi connectivity index (χ3n) is 5.37. The molecule has 5 nitrogen and oxygen atoms in total. The molecule has 1 N–H and O–H groups in total. The molecule has 0 fully saturated rings. The summed E-state index contributed by atoms with van der Waals surface area (Å²) in [5.74, 6) is 1.04. The molecule has 0 atom stereocenters. The van der Waals surface area contributed by atoms with Crippen LogP contribution in [-0.2, 0) is 24.1 Å². The molecular weight excluding hydrogens is 480 g/mol. The van der Waals surface area contributed by atoms with Crippen LogP contribution in [0.2, 0.25) is 5.02 Å². The van der Waals surface area contributed by atoms with Gasteiger partial charge >= 0.3 is 0 Å². The van der Waals surface area contributed by atoms with Gasteiger partial charge in [-0.1, -0.05) is 42.4 Å². The number of carbonyl (C=O) groups is 1. The molecule has 0 unspecified atom stereocenters. The number of nitrogens with zero attached hydrogens (tertiary/aromatic N) is 3. The van der Waals surface area contributed by atoms with Crippen LogP contribution in [0.15, 0.2) is 34.7 Å². The average molecular weight is 501 g/mol. The van der Waals surface area contributed by atoms with Crippen molar-refractivity contribution in [2.75, 3.05) is 11.1 Å². The van der Waals surface area contributed by atoms with Crippen LogP contribution in [0.5, 0.6) is 0 Å². The summed E-state index contributed by atoms with van der Waals surface area (Å²) < 4.78 is 0. The van der Waals surface area contributed by atoms with E-state index < -0.39 is 0 Å². The van der Waals surface area contributed by atoms with E-state index >= 15 is 0 Å². The number of halogens is 1. The van der Waals surface area contributed by atoms with Gasteiger partial charge in [-0.2, -0.15) is 0 Å². The van der Waals surface area contributed by atoms with Crippen molar-refractivity contribution in [1.29, 1.82) is 0 Å². The zero-order valence-electron chi connectivity index (χ0n) is 17.5. The normalized spacial score (nSPS) is 13.3. The Labute approximate surface area is 203 Å². The first kappa shape index (κ1) is 21.8. The minimum absolute atomic E-state index is 0.0825. The fourth-order valence-corrected chi connectivity index (χ4v) is 6.88. The van der Waals surface area contributed by atoms with E-state index in [9.17, 15) is 4.79 Å². The third kappa shape index (κ3) is 4.55. The Bertz CT molecular complexity index is 1280. The number of thiophene rings is 1. The third-order valence-corrected chi connectivity index (χ3v) is 8.55. The van der Waals surface area contributed by atoms with Crippen molar-refractivity contribution < 1.29 is 4.79 Å². The first-order chi connectivity index (χ1) is 15.6. The summed E-state index contributed by atoms with van der Waals surface area (Å²) in [6, 6.07) is 7.51. The minimum Gasteiger partial charge on any atom is -0.301 e.